The number of alkyl halides is 3. The number of hydrogen-bond donors (Lipinski definition) is 0. The summed E-state index contributed by atoms with van der Waals surface area (Å²) in [6.45, 7) is 9.20. The van der Waals surface area contributed by atoms with Crippen molar-refractivity contribution in [1.29, 1.82) is 0 Å². The highest BCUT2D eigenvalue weighted by Gasteiger charge is 2.60. The van der Waals surface area contributed by atoms with E-state index in [0.717, 1.165) is 30.1 Å². The molecule has 28 heavy (non-hydrogen) atoms. The van der Waals surface area contributed by atoms with Gasteiger partial charge in [0.2, 0.25) is 0 Å². The quantitative estimate of drug-likeness (QED) is 0.449. The summed E-state index contributed by atoms with van der Waals surface area (Å²) in [5.74, 6) is 4.16. The van der Waals surface area contributed by atoms with Crippen LogP contribution in [0.1, 0.15) is 98.3 Å². The highest BCUT2D eigenvalue weighted by atomic mass is 19.4. The molecule has 0 nitrogen and oxygen atoms in total. The third kappa shape index (κ3) is 3.35. The number of halogens is 3. The summed E-state index contributed by atoms with van der Waals surface area (Å²) in [4.78, 5) is 0. The standard InChI is InChI=1S/C25H41F3/c1-5-17-10-12-23(3)18(14-17)6-7-19-21-9-8-20(16(2)15-25(26,27)28)24(21,4)13-11-22(19)23/h16-22H,5-15H2,1-4H3/t16?,17-,18?,19?,20?,21?,22?,23?,24?/m0/s1. The summed E-state index contributed by atoms with van der Waals surface area (Å²) in [6, 6.07) is 0. The van der Waals surface area contributed by atoms with Crippen molar-refractivity contribution in [3.63, 3.8) is 0 Å². The van der Waals surface area contributed by atoms with Gasteiger partial charge in [-0.3, -0.25) is 0 Å². The van der Waals surface area contributed by atoms with Gasteiger partial charge in [-0.15, -0.1) is 0 Å². The number of rotatable bonds is 3. The van der Waals surface area contributed by atoms with Gasteiger partial charge in [0.25, 0.3) is 0 Å². The second kappa shape index (κ2) is 7.19. The Bertz CT molecular complexity index is 569. The first-order valence-corrected chi connectivity index (χ1v) is 12.1. The molecule has 0 bridgehead atoms. The molecule has 0 radical (unpaired) electrons. The maximum absolute atomic E-state index is 13.1. The molecule has 3 heteroatoms. The smallest absolute Gasteiger partial charge is 0.171 e. The topological polar surface area (TPSA) is 0 Å². The molecule has 4 aliphatic rings. The van der Waals surface area contributed by atoms with Crippen LogP contribution in [0.2, 0.25) is 0 Å². The number of hydrogen-bond acceptors (Lipinski definition) is 0. The van der Waals surface area contributed by atoms with Crippen molar-refractivity contribution in [2.45, 2.75) is 105 Å². The highest BCUT2D eigenvalue weighted by Crippen LogP contribution is 2.68. The van der Waals surface area contributed by atoms with Gasteiger partial charge in [0.05, 0.1) is 0 Å². The average Bonchev–Trinajstić information content (AvgIpc) is 2.97. The molecule has 0 aromatic carbocycles. The Kier molecular flexibility index (Phi) is 5.40. The third-order valence-corrected chi connectivity index (χ3v) is 10.7. The van der Waals surface area contributed by atoms with E-state index < -0.39 is 12.6 Å². The zero-order valence-corrected chi connectivity index (χ0v) is 18.5. The molecule has 0 aliphatic heterocycles. The molecule has 0 amide bonds. The van der Waals surface area contributed by atoms with Crippen LogP contribution in [-0.2, 0) is 0 Å². The molecule has 4 fully saturated rings. The monoisotopic (exact) mass is 398 g/mol. The zero-order chi connectivity index (χ0) is 20.3. The van der Waals surface area contributed by atoms with Gasteiger partial charge in [0, 0.05) is 6.42 Å². The van der Waals surface area contributed by atoms with Gasteiger partial charge in [0.15, 0.2) is 0 Å². The lowest BCUT2D eigenvalue weighted by molar-refractivity contribution is -0.156. The second-order valence-electron chi connectivity index (χ2n) is 11.7. The fraction of sp³-hybridized carbons (Fsp3) is 1.00. The van der Waals surface area contributed by atoms with Gasteiger partial charge >= 0.3 is 6.18 Å². The molecule has 4 aliphatic carbocycles. The van der Waals surface area contributed by atoms with Crippen LogP contribution in [0, 0.1) is 52.3 Å². The lowest BCUT2D eigenvalue weighted by atomic mass is 9.44. The molecule has 0 aromatic rings. The Balaban J connectivity index is 1.52. The zero-order valence-electron chi connectivity index (χ0n) is 18.5. The van der Waals surface area contributed by atoms with Crippen LogP contribution in [0.25, 0.3) is 0 Å². The predicted octanol–water partition coefficient (Wildman–Crippen LogP) is 8.26. The molecule has 4 rings (SSSR count). The average molecular weight is 399 g/mol. The molecular weight excluding hydrogens is 357 g/mol. The molecule has 0 spiro atoms. The lowest BCUT2D eigenvalue weighted by Gasteiger charge is -2.61. The first kappa shape index (κ1) is 21.0. The summed E-state index contributed by atoms with van der Waals surface area (Å²) >= 11 is 0. The maximum Gasteiger partial charge on any atom is 0.389 e. The molecule has 0 saturated heterocycles. The van der Waals surface area contributed by atoms with Crippen molar-refractivity contribution in [3.8, 4) is 0 Å². The predicted molar refractivity (Wildman–Crippen MR) is 109 cm³/mol. The summed E-state index contributed by atoms with van der Waals surface area (Å²) in [5, 5.41) is 0. The first-order valence-electron chi connectivity index (χ1n) is 12.1. The van der Waals surface area contributed by atoms with Crippen LogP contribution in [0.4, 0.5) is 13.2 Å². The van der Waals surface area contributed by atoms with Crippen molar-refractivity contribution in [2.75, 3.05) is 0 Å². The van der Waals surface area contributed by atoms with Gasteiger partial charge < -0.3 is 0 Å². The minimum absolute atomic E-state index is 0.148. The molecule has 0 heterocycles. The molecule has 4 saturated carbocycles. The van der Waals surface area contributed by atoms with Crippen LogP contribution >= 0.6 is 0 Å². The lowest BCUT2D eigenvalue weighted by Crippen LogP contribution is -2.53. The Morgan fingerprint density at radius 1 is 0.893 bits per heavy atom. The van der Waals surface area contributed by atoms with Crippen molar-refractivity contribution in [1.82, 2.24) is 0 Å². The summed E-state index contributed by atoms with van der Waals surface area (Å²) in [5.41, 5.74) is 0.654. The Hall–Kier alpha value is -0.210. The molecule has 162 valence electrons. The fourth-order valence-electron chi connectivity index (χ4n) is 9.20. The van der Waals surface area contributed by atoms with Gasteiger partial charge in [-0.05, 0) is 110 Å². The van der Waals surface area contributed by atoms with E-state index in [9.17, 15) is 13.2 Å². The van der Waals surface area contributed by atoms with E-state index in [0.29, 0.717) is 11.3 Å². The van der Waals surface area contributed by atoms with E-state index in [1.54, 1.807) is 0 Å². The van der Waals surface area contributed by atoms with Crippen molar-refractivity contribution in [3.05, 3.63) is 0 Å². The molecule has 0 aromatic heterocycles. The minimum Gasteiger partial charge on any atom is -0.171 e. The first-order chi connectivity index (χ1) is 13.1. The van der Waals surface area contributed by atoms with E-state index >= 15 is 0 Å². The van der Waals surface area contributed by atoms with Crippen LogP contribution in [-0.4, -0.2) is 6.18 Å². The third-order valence-electron chi connectivity index (χ3n) is 10.7. The SMILES string of the molecule is CC[C@H]1CCC2(C)C(CCC3C2CCC2(C)C(C(C)CC(F)(F)F)CCC32)C1. The highest BCUT2D eigenvalue weighted by molar-refractivity contribution is 5.09. The van der Waals surface area contributed by atoms with Crippen molar-refractivity contribution < 1.29 is 13.2 Å². The maximum atomic E-state index is 13.1. The summed E-state index contributed by atoms with van der Waals surface area (Å²) in [6.07, 6.45) is 8.34. The van der Waals surface area contributed by atoms with Crippen molar-refractivity contribution >= 4 is 0 Å². The van der Waals surface area contributed by atoms with Gasteiger partial charge in [-0.2, -0.15) is 13.2 Å². The van der Waals surface area contributed by atoms with Crippen LogP contribution < -0.4 is 0 Å². The molecule has 8 unspecified atom stereocenters. The largest absolute Gasteiger partial charge is 0.389 e. The number of fused-ring (bicyclic) bond motifs is 5. The van der Waals surface area contributed by atoms with E-state index in [-0.39, 0.29) is 17.3 Å². The molecular formula is C25H41F3. The van der Waals surface area contributed by atoms with Crippen LogP contribution in [0.3, 0.4) is 0 Å². The Morgan fingerprint density at radius 2 is 1.57 bits per heavy atom. The normalized spacial score (nSPS) is 49.8. The van der Waals surface area contributed by atoms with Crippen LogP contribution in [0.5, 0.6) is 0 Å². The summed E-state index contributed by atoms with van der Waals surface area (Å²) < 4.78 is 39.2. The van der Waals surface area contributed by atoms with E-state index in [1.807, 2.05) is 6.92 Å². The Morgan fingerprint density at radius 3 is 2.25 bits per heavy atom. The van der Waals surface area contributed by atoms with E-state index in [2.05, 4.69) is 20.8 Å². The van der Waals surface area contributed by atoms with Crippen LogP contribution in [0.15, 0.2) is 0 Å². The van der Waals surface area contributed by atoms with E-state index in [4.69, 9.17) is 0 Å². The Labute approximate surface area is 170 Å². The minimum atomic E-state index is -4.02. The summed E-state index contributed by atoms with van der Waals surface area (Å²) in [7, 11) is 0. The molecule has 0 N–H and O–H groups in total. The van der Waals surface area contributed by atoms with E-state index in [1.165, 1.54) is 57.8 Å². The van der Waals surface area contributed by atoms with Gasteiger partial charge in [0.1, 0.15) is 0 Å². The second-order valence-corrected chi connectivity index (χ2v) is 11.7. The van der Waals surface area contributed by atoms with Crippen molar-refractivity contribution in [2.24, 2.45) is 52.3 Å². The molecule has 9 atom stereocenters. The van der Waals surface area contributed by atoms with Gasteiger partial charge in [-0.25, -0.2) is 0 Å². The fourth-order valence-corrected chi connectivity index (χ4v) is 9.20. The van der Waals surface area contributed by atoms with Gasteiger partial charge in [-0.1, -0.05) is 34.1 Å².